The number of hydrogen-bond acceptors (Lipinski definition) is 3. The van der Waals surface area contributed by atoms with E-state index in [-0.39, 0.29) is 10.7 Å². The van der Waals surface area contributed by atoms with E-state index in [0.717, 1.165) is 10.5 Å². The van der Waals surface area contributed by atoms with Crippen molar-refractivity contribution in [2.45, 2.75) is 16.7 Å². The fourth-order valence-corrected chi connectivity index (χ4v) is 2.74. The first-order valence-electron chi connectivity index (χ1n) is 5.25. The molecule has 0 N–H and O–H groups in total. The van der Waals surface area contributed by atoms with E-state index in [9.17, 15) is 10.1 Å². The maximum atomic E-state index is 11.0. The first-order chi connectivity index (χ1) is 8.58. The Morgan fingerprint density at radius 3 is 2.44 bits per heavy atom. The molecule has 0 aliphatic heterocycles. The molecule has 5 heteroatoms. The van der Waals surface area contributed by atoms with Crippen LogP contribution >= 0.6 is 23.4 Å². The second-order valence-electron chi connectivity index (χ2n) is 3.76. The zero-order valence-electron chi connectivity index (χ0n) is 9.59. The van der Waals surface area contributed by atoms with Gasteiger partial charge >= 0.3 is 5.69 Å². The minimum absolute atomic E-state index is 0.0373. The van der Waals surface area contributed by atoms with Crippen LogP contribution in [0.25, 0.3) is 0 Å². The molecule has 18 heavy (non-hydrogen) atoms. The van der Waals surface area contributed by atoms with Gasteiger partial charge in [-0.2, -0.15) is 0 Å². The molecule has 0 heterocycles. The number of aryl methyl sites for hydroxylation is 1. The second kappa shape index (κ2) is 5.42. The van der Waals surface area contributed by atoms with Crippen LogP contribution < -0.4 is 0 Å². The summed E-state index contributed by atoms with van der Waals surface area (Å²) in [6.07, 6.45) is 0. The molecule has 0 saturated carbocycles. The number of rotatable bonds is 3. The minimum Gasteiger partial charge on any atom is -0.258 e. The number of nitro benzene ring substituents is 1. The number of para-hydroxylation sites is 1. The molecule has 2 aromatic rings. The molecule has 3 nitrogen and oxygen atoms in total. The van der Waals surface area contributed by atoms with Crippen molar-refractivity contribution >= 4 is 29.1 Å². The van der Waals surface area contributed by atoms with E-state index in [1.807, 2.05) is 31.2 Å². The molecule has 0 aliphatic rings. The molecule has 0 amide bonds. The predicted octanol–water partition coefficient (Wildman–Crippen LogP) is 4.71. The van der Waals surface area contributed by atoms with Crippen LogP contribution in [0.4, 0.5) is 5.69 Å². The molecule has 0 spiro atoms. The molecule has 0 atom stereocenters. The average Bonchev–Trinajstić information content (AvgIpc) is 2.32. The SMILES string of the molecule is Cc1ccc(Sc2cccc(Cl)c2[N+](=O)[O-])cc1. The summed E-state index contributed by atoms with van der Waals surface area (Å²) in [5.74, 6) is 0. The highest BCUT2D eigenvalue weighted by Gasteiger charge is 2.18. The molecular formula is C13H10ClNO2S. The highest BCUT2D eigenvalue weighted by atomic mass is 35.5. The van der Waals surface area contributed by atoms with Crippen LogP contribution in [-0.4, -0.2) is 4.92 Å². The summed E-state index contributed by atoms with van der Waals surface area (Å²) in [5.41, 5.74) is 1.12. The average molecular weight is 280 g/mol. The van der Waals surface area contributed by atoms with Gasteiger partial charge in [0.05, 0.1) is 9.82 Å². The number of nitrogens with zero attached hydrogens (tertiary/aromatic N) is 1. The standard InChI is InChI=1S/C13H10ClNO2S/c1-9-5-7-10(8-6-9)18-12-4-2-3-11(14)13(12)15(16)17/h2-8H,1H3. The van der Waals surface area contributed by atoms with Gasteiger partial charge in [0.15, 0.2) is 0 Å². The Labute approximate surface area is 114 Å². The van der Waals surface area contributed by atoms with Crippen molar-refractivity contribution in [2.24, 2.45) is 0 Å². The van der Waals surface area contributed by atoms with Gasteiger partial charge in [0, 0.05) is 4.90 Å². The summed E-state index contributed by atoms with van der Waals surface area (Å²) in [6.45, 7) is 2.00. The zero-order chi connectivity index (χ0) is 13.1. The van der Waals surface area contributed by atoms with Gasteiger partial charge in [-0.05, 0) is 31.2 Å². The highest BCUT2D eigenvalue weighted by Crippen LogP contribution is 2.38. The molecular weight excluding hydrogens is 270 g/mol. The molecule has 0 aromatic heterocycles. The molecule has 0 bridgehead atoms. The quantitative estimate of drug-likeness (QED) is 0.604. The van der Waals surface area contributed by atoms with Gasteiger partial charge in [-0.3, -0.25) is 10.1 Å². The lowest BCUT2D eigenvalue weighted by atomic mass is 10.2. The van der Waals surface area contributed by atoms with Gasteiger partial charge in [0.25, 0.3) is 0 Å². The van der Waals surface area contributed by atoms with Crippen LogP contribution in [0.1, 0.15) is 5.56 Å². The van der Waals surface area contributed by atoms with E-state index in [0.29, 0.717) is 4.90 Å². The van der Waals surface area contributed by atoms with Gasteiger partial charge < -0.3 is 0 Å². The topological polar surface area (TPSA) is 43.1 Å². The first kappa shape index (κ1) is 12.9. The Kier molecular flexibility index (Phi) is 3.89. The fraction of sp³-hybridized carbons (Fsp3) is 0.0769. The van der Waals surface area contributed by atoms with Gasteiger partial charge in [-0.15, -0.1) is 0 Å². The van der Waals surface area contributed by atoms with Crippen LogP contribution in [-0.2, 0) is 0 Å². The third kappa shape index (κ3) is 2.83. The summed E-state index contributed by atoms with van der Waals surface area (Å²) in [4.78, 5) is 12.1. The van der Waals surface area contributed by atoms with Crippen molar-refractivity contribution in [2.75, 3.05) is 0 Å². The summed E-state index contributed by atoms with van der Waals surface area (Å²) in [6, 6.07) is 12.8. The van der Waals surface area contributed by atoms with Crippen LogP contribution in [0, 0.1) is 17.0 Å². The van der Waals surface area contributed by atoms with Crippen molar-refractivity contribution in [3.8, 4) is 0 Å². The van der Waals surface area contributed by atoms with Crippen molar-refractivity contribution in [1.82, 2.24) is 0 Å². The Morgan fingerprint density at radius 2 is 1.83 bits per heavy atom. The largest absolute Gasteiger partial charge is 0.301 e. The predicted molar refractivity (Wildman–Crippen MR) is 73.4 cm³/mol. The zero-order valence-corrected chi connectivity index (χ0v) is 11.2. The maximum absolute atomic E-state index is 11.0. The van der Waals surface area contributed by atoms with Gasteiger partial charge in [0.2, 0.25) is 0 Å². The highest BCUT2D eigenvalue weighted by molar-refractivity contribution is 7.99. The molecule has 0 fully saturated rings. The lowest BCUT2D eigenvalue weighted by molar-refractivity contribution is -0.387. The Balaban J connectivity index is 2.37. The number of nitro groups is 1. The fourth-order valence-electron chi connectivity index (χ4n) is 1.49. The summed E-state index contributed by atoms with van der Waals surface area (Å²) < 4.78 is 0. The second-order valence-corrected chi connectivity index (χ2v) is 5.28. The van der Waals surface area contributed by atoms with Crippen molar-refractivity contribution in [3.63, 3.8) is 0 Å². The summed E-state index contributed by atoms with van der Waals surface area (Å²) in [7, 11) is 0. The monoisotopic (exact) mass is 279 g/mol. The number of hydrogen-bond donors (Lipinski definition) is 0. The maximum Gasteiger partial charge on any atom is 0.301 e. The van der Waals surface area contributed by atoms with Gasteiger partial charge in [0.1, 0.15) is 5.02 Å². The van der Waals surface area contributed by atoms with Crippen LogP contribution in [0.5, 0.6) is 0 Å². The minimum atomic E-state index is -0.446. The molecule has 0 unspecified atom stereocenters. The van der Waals surface area contributed by atoms with E-state index >= 15 is 0 Å². The molecule has 2 rings (SSSR count). The first-order valence-corrected chi connectivity index (χ1v) is 6.45. The number of halogens is 1. The van der Waals surface area contributed by atoms with Gasteiger partial charge in [-0.25, -0.2) is 0 Å². The van der Waals surface area contributed by atoms with Crippen LogP contribution in [0.2, 0.25) is 5.02 Å². The molecule has 0 saturated heterocycles. The van der Waals surface area contributed by atoms with Gasteiger partial charge in [-0.1, -0.05) is 47.1 Å². The Bertz CT molecular complexity index is 584. The van der Waals surface area contributed by atoms with E-state index in [1.54, 1.807) is 12.1 Å². The third-order valence-corrected chi connectivity index (χ3v) is 3.74. The lowest BCUT2D eigenvalue weighted by Crippen LogP contribution is -1.91. The van der Waals surface area contributed by atoms with E-state index < -0.39 is 4.92 Å². The smallest absolute Gasteiger partial charge is 0.258 e. The summed E-state index contributed by atoms with van der Waals surface area (Å²) >= 11 is 7.20. The van der Waals surface area contributed by atoms with Crippen molar-refractivity contribution < 1.29 is 4.92 Å². The third-order valence-electron chi connectivity index (χ3n) is 2.38. The molecule has 0 radical (unpaired) electrons. The van der Waals surface area contributed by atoms with Crippen molar-refractivity contribution in [3.05, 3.63) is 63.2 Å². The van der Waals surface area contributed by atoms with E-state index in [2.05, 4.69) is 0 Å². The molecule has 2 aromatic carbocycles. The van der Waals surface area contributed by atoms with Crippen molar-refractivity contribution in [1.29, 1.82) is 0 Å². The number of benzene rings is 2. The van der Waals surface area contributed by atoms with Crippen LogP contribution in [0.3, 0.4) is 0 Å². The Morgan fingerprint density at radius 1 is 1.17 bits per heavy atom. The molecule has 0 aliphatic carbocycles. The Hall–Kier alpha value is -1.52. The van der Waals surface area contributed by atoms with Crippen LogP contribution in [0.15, 0.2) is 52.3 Å². The summed E-state index contributed by atoms with van der Waals surface area (Å²) in [5, 5.41) is 11.2. The lowest BCUT2D eigenvalue weighted by Gasteiger charge is -2.04. The normalized spacial score (nSPS) is 10.3. The molecule has 92 valence electrons. The van der Waals surface area contributed by atoms with E-state index in [1.165, 1.54) is 17.8 Å². The van der Waals surface area contributed by atoms with E-state index in [4.69, 9.17) is 11.6 Å².